The first-order chi connectivity index (χ1) is 6.99. The monoisotopic (exact) mass is 252 g/mol. The molecule has 0 aromatic rings. The van der Waals surface area contributed by atoms with Crippen LogP contribution < -0.4 is 5.73 Å². The highest BCUT2D eigenvalue weighted by Gasteiger charge is 2.29. The number of carbonyl (C=O) groups excluding carboxylic acids is 1. The van der Waals surface area contributed by atoms with Gasteiger partial charge in [0.15, 0.2) is 0 Å². The molecule has 0 unspecified atom stereocenters. The second kappa shape index (κ2) is 6.97. The molecule has 1 amide bonds. The lowest BCUT2D eigenvalue weighted by Crippen LogP contribution is -2.52. The van der Waals surface area contributed by atoms with Gasteiger partial charge in [0.05, 0.1) is 6.04 Å². The molecule has 0 fully saturated rings. The molecule has 0 aliphatic rings. The van der Waals surface area contributed by atoms with Gasteiger partial charge in [-0.2, -0.15) is 25.3 Å². The summed E-state index contributed by atoms with van der Waals surface area (Å²) in [6.07, 6.45) is 0. The summed E-state index contributed by atoms with van der Waals surface area (Å²) < 4.78 is 0. The zero-order chi connectivity index (χ0) is 12.0. The maximum atomic E-state index is 11.7. The van der Waals surface area contributed by atoms with Gasteiger partial charge < -0.3 is 15.7 Å². The molecule has 0 rings (SSSR count). The second-order valence-electron chi connectivity index (χ2n) is 2.95. The third kappa shape index (κ3) is 3.92. The third-order valence-corrected chi connectivity index (χ3v) is 2.71. The quantitative estimate of drug-likeness (QED) is 0.479. The van der Waals surface area contributed by atoms with Gasteiger partial charge in [0.2, 0.25) is 5.91 Å². The highest BCUT2D eigenvalue weighted by molar-refractivity contribution is 7.80. The third-order valence-electron chi connectivity index (χ3n) is 1.97. The van der Waals surface area contributed by atoms with Gasteiger partial charge in [-0.1, -0.05) is 0 Å². The van der Waals surface area contributed by atoms with Gasteiger partial charge in [0.25, 0.3) is 0 Å². The Morgan fingerprint density at radius 3 is 2.20 bits per heavy atom. The molecule has 2 atom stereocenters. The lowest BCUT2D eigenvalue weighted by atomic mass is 10.2. The van der Waals surface area contributed by atoms with Crippen LogP contribution in [0.2, 0.25) is 0 Å². The van der Waals surface area contributed by atoms with E-state index in [-0.39, 0.29) is 18.1 Å². The molecular formula is C8H16N2O3S2. The molecule has 15 heavy (non-hydrogen) atoms. The fraction of sp³-hybridized carbons (Fsp3) is 0.750. The molecule has 0 bridgehead atoms. The fourth-order valence-corrected chi connectivity index (χ4v) is 1.64. The summed E-state index contributed by atoms with van der Waals surface area (Å²) >= 11 is 7.80. The van der Waals surface area contributed by atoms with Crippen molar-refractivity contribution in [1.82, 2.24) is 4.90 Å². The van der Waals surface area contributed by atoms with Crippen molar-refractivity contribution in [3.05, 3.63) is 0 Å². The van der Waals surface area contributed by atoms with E-state index in [1.165, 1.54) is 4.90 Å². The highest BCUT2D eigenvalue weighted by atomic mass is 32.1. The molecule has 5 nitrogen and oxygen atoms in total. The largest absolute Gasteiger partial charge is 0.480 e. The Hall–Kier alpha value is -0.400. The van der Waals surface area contributed by atoms with Crippen LogP contribution in [0.15, 0.2) is 0 Å². The molecule has 0 saturated carbocycles. The molecule has 0 aliphatic carbocycles. The molecule has 3 N–H and O–H groups in total. The number of nitrogens with two attached hydrogens (primary N) is 1. The Bertz CT molecular complexity index is 238. The van der Waals surface area contributed by atoms with Crippen LogP contribution >= 0.6 is 25.3 Å². The Morgan fingerprint density at radius 2 is 1.93 bits per heavy atom. The van der Waals surface area contributed by atoms with Crippen molar-refractivity contribution in [1.29, 1.82) is 0 Å². The summed E-state index contributed by atoms with van der Waals surface area (Å²) in [5.74, 6) is -1.23. The first kappa shape index (κ1) is 14.6. The molecule has 0 saturated heterocycles. The molecule has 0 aromatic carbocycles. The number of thiol groups is 2. The Morgan fingerprint density at radius 1 is 1.40 bits per heavy atom. The first-order valence-electron chi connectivity index (χ1n) is 4.50. The van der Waals surface area contributed by atoms with Crippen LogP contribution in [0.1, 0.15) is 6.92 Å². The zero-order valence-electron chi connectivity index (χ0n) is 8.46. The van der Waals surface area contributed by atoms with Crippen molar-refractivity contribution in [2.45, 2.75) is 19.0 Å². The second-order valence-corrected chi connectivity index (χ2v) is 3.68. The number of nitrogens with zero attached hydrogens (tertiary/aromatic N) is 1. The van der Waals surface area contributed by atoms with Crippen molar-refractivity contribution in [3.8, 4) is 0 Å². The van der Waals surface area contributed by atoms with Gasteiger partial charge in [-0.25, -0.2) is 4.79 Å². The van der Waals surface area contributed by atoms with Gasteiger partial charge in [-0.3, -0.25) is 4.79 Å². The van der Waals surface area contributed by atoms with Crippen LogP contribution in [0, 0.1) is 0 Å². The minimum atomic E-state index is -1.08. The standard InChI is InChI=1S/C8H16N2O3S2/c1-2-10(6(4-15)8(12)13)7(11)5(9)3-14/h5-6,14-15H,2-4,9H2,1H3,(H,12,13)/t5-,6-/m0/s1. The summed E-state index contributed by atoms with van der Waals surface area (Å²) in [4.78, 5) is 23.7. The summed E-state index contributed by atoms with van der Waals surface area (Å²) in [5.41, 5.74) is 5.50. The lowest BCUT2D eigenvalue weighted by molar-refractivity contribution is -0.149. The minimum Gasteiger partial charge on any atom is -0.480 e. The number of carbonyl (C=O) groups is 2. The molecule has 7 heteroatoms. The minimum absolute atomic E-state index is 0.0637. The molecule has 0 radical (unpaired) electrons. The number of likely N-dealkylation sites (N-methyl/N-ethyl adjacent to an activating group) is 1. The number of amides is 1. The number of carboxylic acids is 1. The highest BCUT2D eigenvalue weighted by Crippen LogP contribution is 2.05. The van der Waals surface area contributed by atoms with Gasteiger partial charge >= 0.3 is 5.97 Å². The maximum absolute atomic E-state index is 11.7. The van der Waals surface area contributed by atoms with E-state index in [1.807, 2.05) is 0 Å². The van der Waals surface area contributed by atoms with E-state index in [1.54, 1.807) is 6.92 Å². The van der Waals surface area contributed by atoms with Crippen molar-refractivity contribution in [2.24, 2.45) is 5.73 Å². The number of hydrogen-bond acceptors (Lipinski definition) is 5. The zero-order valence-corrected chi connectivity index (χ0v) is 10.2. The van der Waals surface area contributed by atoms with Crippen molar-refractivity contribution in [3.63, 3.8) is 0 Å². The Labute approximate surface area is 99.8 Å². The predicted octanol–water partition coefficient (Wildman–Crippen LogP) is -0.525. The van der Waals surface area contributed by atoms with Gasteiger partial charge in [0.1, 0.15) is 6.04 Å². The van der Waals surface area contributed by atoms with Crippen LogP contribution in [0.5, 0.6) is 0 Å². The van der Waals surface area contributed by atoms with E-state index in [9.17, 15) is 9.59 Å². The number of aliphatic carboxylic acids is 1. The van der Waals surface area contributed by atoms with Crippen LogP contribution in [0.25, 0.3) is 0 Å². The molecule has 0 aromatic heterocycles. The first-order valence-corrected chi connectivity index (χ1v) is 5.76. The van der Waals surface area contributed by atoms with Gasteiger partial charge in [-0.15, -0.1) is 0 Å². The van der Waals surface area contributed by atoms with Gasteiger partial charge in [-0.05, 0) is 6.92 Å². The number of rotatable bonds is 6. The average molecular weight is 252 g/mol. The normalized spacial score (nSPS) is 14.4. The number of carboxylic acid groups (broad SMARTS) is 1. The van der Waals surface area contributed by atoms with Crippen LogP contribution in [0.3, 0.4) is 0 Å². The van der Waals surface area contributed by atoms with Crippen LogP contribution in [-0.2, 0) is 9.59 Å². The van der Waals surface area contributed by atoms with Crippen molar-refractivity contribution in [2.75, 3.05) is 18.1 Å². The fourth-order valence-electron chi connectivity index (χ4n) is 1.13. The lowest BCUT2D eigenvalue weighted by Gasteiger charge is -2.28. The molecular weight excluding hydrogens is 236 g/mol. The smallest absolute Gasteiger partial charge is 0.327 e. The summed E-state index contributed by atoms with van der Waals surface area (Å²) in [6, 6.07) is -1.70. The number of hydrogen-bond donors (Lipinski definition) is 4. The van der Waals surface area contributed by atoms with E-state index in [4.69, 9.17) is 10.8 Å². The maximum Gasteiger partial charge on any atom is 0.327 e. The van der Waals surface area contributed by atoms with E-state index >= 15 is 0 Å². The predicted molar refractivity (Wildman–Crippen MR) is 64.5 cm³/mol. The molecule has 0 heterocycles. The Balaban J connectivity index is 4.72. The molecule has 88 valence electrons. The molecule has 0 spiro atoms. The summed E-state index contributed by atoms with van der Waals surface area (Å²) in [6.45, 7) is 1.99. The SMILES string of the molecule is CCN(C(=O)[C@@H](N)CS)[C@@H](CS)C(=O)O. The molecule has 0 aliphatic heterocycles. The summed E-state index contributed by atoms with van der Waals surface area (Å²) in [5, 5.41) is 8.88. The van der Waals surface area contributed by atoms with Crippen molar-refractivity contribution >= 4 is 37.1 Å². The van der Waals surface area contributed by atoms with E-state index in [2.05, 4.69) is 25.3 Å². The topological polar surface area (TPSA) is 83.6 Å². The van der Waals surface area contributed by atoms with Crippen molar-refractivity contribution < 1.29 is 14.7 Å². The van der Waals surface area contributed by atoms with Crippen LogP contribution in [0.4, 0.5) is 0 Å². The average Bonchev–Trinajstić information content (AvgIpc) is 2.22. The summed E-state index contributed by atoms with van der Waals surface area (Å²) in [7, 11) is 0. The van der Waals surface area contributed by atoms with E-state index < -0.39 is 24.0 Å². The van der Waals surface area contributed by atoms with E-state index in [0.717, 1.165) is 0 Å². The van der Waals surface area contributed by atoms with E-state index in [0.29, 0.717) is 0 Å². The van der Waals surface area contributed by atoms with Crippen LogP contribution in [-0.4, -0.2) is 52.0 Å². The van der Waals surface area contributed by atoms with Gasteiger partial charge in [0, 0.05) is 18.1 Å². The Kier molecular flexibility index (Phi) is 6.78.